The zero-order valence-corrected chi connectivity index (χ0v) is 16.4. The van der Waals surface area contributed by atoms with E-state index in [0.717, 1.165) is 0 Å². The second kappa shape index (κ2) is 5.79. The van der Waals surface area contributed by atoms with Crippen molar-refractivity contribution in [1.82, 2.24) is 0 Å². The van der Waals surface area contributed by atoms with E-state index in [1.54, 1.807) is 21.5 Å². The Morgan fingerprint density at radius 2 is 0.870 bits per heavy atom. The van der Waals surface area contributed by atoms with Gasteiger partial charge in [0.2, 0.25) is 0 Å². The molecule has 0 bridgehead atoms. The summed E-state index contributed by atoms with van der Waals surface area (Å²) in [6.07, 6.45) is 0. The Balaban J connectivity index is 2.35. The third-order valence-electron chi connectivity index (χ3n) is 5.78. The number of benzene rings is 2. The van der Waals surface area contributed by atoms with Gasteiger partial charge in [-0.1, -0.05) is 69.8 Å². The molecule has 0 spiro atoms. The van der Waals surface area contributed by atoms with Crippen molar-refractivity contribution in [3.63, 3.8) is 0 Å². The van der Waals surface area contributed by atoms with Gasteiger partial charge in [0.05, 0.1) is 0 Å². The predicted octanol–water partition coefficient (Wildman–Crippen LogP) is 4.83. The maximum Gasteiger partial charge on any atom is 0.127 e. The van der Waals surface area contributed by atoms with Gasteiger partial charge in [-0.15, -0.1) is 0 Å². The highest BCUT2D eigenvalue weighted by molar-refractivity contribution is 7.04. The fraction of sp³-hybridized carbons (Fsp3) is 0.364. The fourth-order valence-electron chi connectivity index (χ4n) is 4.89. The Kier molecular flexibility index (Phi) is 4.10. The van der Waals surface area contributed by atoms with Gasteiger partial charge in [-0.2, -0.15) is 0 Å². The van der Waals surface area contributed by atoms with Crippen molar-refractivity contribution in [2.45, 2.75) is 53.6 Å². The molecule has 0 saturated heterocycles. The average Bonchev–Trinajstić information content (AvgIpc) is 2.74. The molecule has 0 saturated carbocycles. The van der Waals surface area contributed by atoms with Crippen molar-refractivity contribution in [2.75, 3.05) is 0 Å². The van der Waals surface area contributed by atoms with Crippen LogP contribution in [-0.2, 0) is 0 Å². The van der Waals surface area contributed by atoms with E-state index in [0.29, 0.717) is 0 Å². The smallest absolute Gasteiger partial charge is 0.0767 e. The van der Waals surface area contributed by atoms with Crippen LogP contribution in [0.15, 0.2) is 47.5 Å². The Morgan fingerprint density at radius 1 is 0.565 bits per heavy atom. The van der Waals surface area contributed by atoms with Gasteiger partial charge in [0.15, 0.2) is 0 Å². The SMILES string of the molecule is CC1=C(C)C[Si](c2c(C)cccc2C)(c2c(C)cccc2C)C1. The van der Waals surface area contributed by atoms with Gasteiger partial charge in [-0.05, 0) is 64.0 Å². The first-order chi connectivity index (χ1) is 10.9. The lowest BCUT2D eigenvalue weighted by Gasteiger charge is -2.35. The van der Waals surface area contributed by atoms with Crippen LogP contribution in [0.25, 0.3) is 0 Å². The molecule has 120 valence electrons. The topological polar surface area (TPSA) is 0 Å². The van der Waals surface area contributed by atoms with E-state index in [4.69, 9.17) is 0 Å². The summed E-state index contributed by atoms with van der Waals surface area (Å²) in [6, 6.07) is 16.3. The average molecular weight is 321 g/mol. The molecule has 2 aromatic rings. The highest BCUT2D eigenvalue weighted by Crippen LogP contribution is 2.37. The van der Waals surface area contributed by atoms with Gasteiger partial charge >= 0.3 is 0 Å². The standard InChI is InChI=1S/C22H28Si/c1-15-9-7-10-16(2)21(15)23(13-19(5)20(6)14-23)22-17(3)11-8-12-18(22)4/h7-12H,13-14H2,1-6H3. The van der Waals surface area contributed by atoms with Gasteiger partial charge in [-0.25, -0.2) is 0 Å². The van der Waals surface area contributed by atoms with Crippen molar-refractivity contribution in [1.29, 1.82) is 0 Å². The monoisotopic (exact) mass is 320 g/mol. The summed E-state index contributed by atoms with van der Waals surface area (Å²) in [4.78, 5) is 0. The summed E-state index contributed by atoms with van der Waals surface area (Å²) >= 11 is 0. The van der Waals surface area contributed by atoms with E-state index < -0.39 is 8.07 Å². The third-order valence-corrected chi connectivity index (χ3v) is 11.5. The van der Waals surface area contributed by atoms with Gasteiger partial charge in [-0.3, -0.25) is 0 Å². The summed E-state index contributed by atoms with van der Waals surface area (Å²) in [7, 11) is -1.76. The Morgan fingerprint density at radius 3 is 1.17 bits per heavy atom. The predicted molar refractivity (Wildman–Crippen MR) is 105 cm³/mol. The summed E-state index contributed by atoms with van der Waals surface area (Å²) in [6.45, 7) is 14.0. The van der Waals surface area contributed by atoms with E-state index in [2.05, 4.69) is 77.9 Å². The van der Waals surface area contributed by atoms with E-state index >= 15 is 0 Å². The van der Waals surface area contributed by atoms with Crippen LogP contribution in [0.3, 0.4) is 0 Å². The minimum Gasteiger partial charge on any atom is -0.0767 e. The molecule has 23 heavy (non-hydrogen) atoms. The first kappa shape index (κ1) is 16.3. The fourth-order valence-corrected chi connectivity index (χ4v) is 11.7. The molecule has 0 fully saturated rings. The Labute approximate surface area is 142 Å². The van der Waals surface area contributed by atoms with Crippen molar-refractivity contribution >= 4 is 18.4 Å². The number of hydrogen-bond acceptors (Lipinski definition) is 0. The van der Waals surface area contributed by atoms with Crippen LogP contribution in [0.2, 0.25) is 12.1 Å². The van der Waals surface area contributed by atoms with Gasteiger partial charge in [0.1, 0.15) is 8.07 Å². The van der Waals surface area contributed by atoms with Crippen LogP contribution < -0.4 is 10.4 Å². The molecule has 0 amide bonds. The van der Waals surface area contributed by atoms with Gasteiger partial charge < -0.3 is 0 Å². The molecular formula is C22H28Si. The van der Waals surface area contributed by atoms with Crippen molar-refractivity contribution in [3.05, 3.63) is 69.8 Å². The second-order valence-corrected chi connectivity index (χ2v) is 11.4. The van der Waals surface area contributed by atoms with E-state index in [1.165, 1.54) is 34.3 Å². The van der Waals surface area contributed by atoms with Gasteiger partial charge in [0, 0.05) is 0 Å². The normalized spacial score (nSPS) is 17.0. The number of aryl methyl sites for hydroxylation is 4. The molecule has 0 unspecified atom stereocenters. The summed E-state index contributed by atoms with van der Waals surface area (Å²) < 4.78 is 0. The zero-order valence-electron chi connectivity index (χ0n) is 15.4. The lowest BCUT2D eigenvalue weighted by Crippen LogP contribution is -2.60. The van der Waals surface area contributed by atoms with Crippen molar-refractivity contribution in [3.8, 4) is 0 Å². The Hall–Kier alpha value is -1.60. The molecule has 0 N–H and O–H groups in total. The largest absolute Gasteiger partial charge is 0.127 e. The molecule has 1 heterocycles. The number of allylic oxidation sites excluding steroid dienone is 2. The highest BCUT2D eigenvalue weighted by atomic mass is 28.3. The van der Waals surface area contributed by atoms with E-state index in [9.17, 15) is 0 Å². The molecule has 0 aliphatic carbocycles. The summed E-state index contributed by atoms with van der Waals surface area (Å²) in [5, 5.41) is 3.38. The minimum atomic E-state index is -1.76. The molecule has 0 atom stereocenters. The molecule has 0 aromatic heterocycles. The third kappa shape index (κ3) is 2.51. The van der Waals surface area contributed by atoms with Crippen molar-refractivity contribution < 1.29 is 0 Å². The minimum absolute atomic E-state index is 1.29. The van der Waals surface area contributed by atoms with Crippen LogP contribution in [0, 0.1) is 27.7 Å². The molecule has 3 rings (SSSR count). The molecule has 1 aliphatic heterocycles. The molecule has 1 heteroatoms. The molecular weight excluding hydrogens is 292 g/mol. The van der Waals surface area contributed by atoms with E-state index in [1.807, 2.05) is 0 Å². The lowest BCUT2D eigenvalue weighted by atomic mass is 10.1. The summed E-state index contributed by atoms with van der Waals surface area (Å²) in [5.41, 5.74) is 9.20. The maximum atomic E-state index is 2.35. The van der Waals surface area contributed by atoms with Crippen molar-refractivity contribution in [2.24, 2.45) is 0 Å². The van der Waals surface area contributed by atoms with Gasteiger partial charge in [0.25, 0.3) is 0 Å². The first-order valence-electron chi connectivity index (χ1n) is 8.65. The van der Waals surface area contributed by atoms with Crippen LogP contribution in [0.1, 0.15) is 36.1 Å². The van der Waals surface area contributed by atoms with Crippen LogP contribution >= 0.6 is 0 Å². The maximum absolute atomic E-state index is 2.35. The van der Waals surface area contributed by atoms with Crippen LogP contribution in [-0.4, -0.2) is 8.07 Å². The Bertz CT molecular complexity index is 688. The number of hydrogen-bond donors (Lipinski definition) is 0. The quantitative estimate of drug-likeness (QED) is 0.549. The lowest BCUT2D eigenvalue weighted by molar-refractivity contribution is 1.28. The molecule has 2 aromatic carbocycles. The van der Waals surface area contributed by atoms with Crippen LogP contribution in [0.5, 0.6) is 0 Å². The molecule has 0 nitrogen and oxygen atoms in total. The first-order valence-corrected chi connectivity index (χ1v) is 11.1. The second-order valence-electron chi connectivity index (χ2n) is 7.53. The van der Waals surface area contributed by atoms with Crippen LogP contribution in [0.4, 0.5) is 0 Å². The highest BCUT2D eigenvalue weighted by Gasteiger charge is 2.45. The van der Waals surface area contributed by atoms with E-state index in [-0.39, 0.29) is 0 Å². The number of rotatable bonds is 2. The zero-order chi connectivity index (χ0) is 16.8. The molecule has 0 radical (unpaired) electrons. The summed E-state index contributed by atoms with van der Waals surface area (Å²) in [5.74, 6) is 0. The molecule has 1 aliphatic rings.